The summed E-state index contributed by atoms with van der Waals surface area (Å²) < 4.78 is 12.4. The Hall–Kier alpha value is -2.20. The molecule has 23 heavy (non-hydrogen) atoms. The van der Waals surface area contributed by atoms with Crippen LogP contribution in [0.4, 0.5) is 0 Å². The SMILES string of the molecule is CC/C(=C/S(=O)Cc1ccccc1)c1cccc(O)c1C(C)=O. The molecule has 0 saturated carbocycles. The predicted molar refractivity (Wildman–Crippen MR) is 94.7 cm³/mol. The zero-order chi connectivity index (χ0) is 16.8. The molecule has 2 aromatic rings. The average Bonchev–Trinajstić information content (AvgIpc) is 2.53. The Morgan fingerprint density at radius 2 is 1.83 bits per heavy atom. The van der Waals surface area contributed by atoms with E-state index in [0.29, 0.717) is 17.7 Å². The highest BCUT2D eigenvalue weighted by Crippen LogP contribution is 2.29. The van der Waals surface area contributed by atoms with Crippen molar-refractivity contribution in [3.8, 4) is 5.75 Å². The maximum absolute atomic E-state index is 12.4. The minimum absolute atomic E-state index is 0.0387. The number of phenols is 1. The highest BCUT2D eigenvalue weighted by Gasteiger charge is 2.15. The van der Waals surface area contributed by atoms with Crippen molar-refractivity contribution in [3.05, 3.63) is 70.6 Å². The summed E-state index contributed by atoms with van der Waals surface area (Å²) in [5.74, 6) is 0.188. The summed E-state index contributed by atoms with van der Waals surface area (Å²) in [6.07, 6.45) is 0.629. The summed E-state index contributed by atoms with van der Waals surface area (Å²) in [6, 6.07) is 14.6. The van der Waals surface area contributed by atoms with Gasteiger partial charge >= 0.3 is 0 Å². The first-order chi connectivity index (χ1) is 11.0. The smallest absolute Gasteiger partial charge is 0.164 e. The summed E-state index contributed by atoms with van der Waals surface area (Å²) in [5, 5.41) is 11.6. The standard InChI is InChI=1S/C19H20O3S/c1-3-16(13-23(22)12-15-8-5-4-6-9-15)17-10-7-11-18(21)19(17)14(2)20/h4-11,13,21H,3,12H2,1-2H3/b16-13-. The Balaban J connectivity index is 2.34. The second-order valence-electron chi connectivity index (χ2n) is 5.26. The van der Waals surface area contributed by atoms with Gasteiger partial charge in [0.15, 0.2) is 5.78 Å². The van der Waals surface area contributed by atoms with Crippen LogP contribution in [0, 0.1) is 0 Å². The van der Waals surface area contributed by atoms with E-state index in [1.807, 2.05) is 37.3 Å². The number of hydrogen-bond donors (Lipinski definition) is 1. The molecule has 0 aliphatic rings. The average molecular weight is 328 g/mol. The molecule has 0 aliphatic heterocycles. The summed E-state index contributed by atoms with van der Waals surface area (Å²) in [4.78, 5) is 11.8. The van der Waals surface area contributed by atoms with Crippen LogP contribution < -0.4 is 0 Å². The Labute approximate surface area is 139 Å². The minimum atomic E-state index is -1.18. The molecule has 120 valence electrons. The number of Topliss-reactive ketones (excluding diaryl/α,β-unsaturated/α-hetero) is 1. The zero-order valence-electron chi connectivity index (χ0n) is 13.3. The molecule has 3 nitrogen and oxygen atoms in total. The van der Waals surface area contributed by atoms with Crippen molar-refractivity contribution < 1.29 is 14.1 Å². The van der Waals surface area contributed by atoms with Gasteiger partial charge in [0.25, 0.3) is 0 Å². The van der Waals surface area contributed by atoms with Gasteiger partial charge in [0.2, 0.25) is 0 Å². The van der Waals surface area contributed by atoms with Crippen LogP contribution >= 0.6 is 0 Å². The van der Waals surface area contributed by atoms with E-state index >= 15 is 0 Å². The van der Waals surface area contributed by atoms with Crippen LogP contribution in [0.25, 0.3) is 5.57 Å². The molecule has 0 spiro atoms. The van der Waals surface area contributed by atoms with Gasteiger partial charge in [0.05, 0.1) is 22.1 Å². The molecular weight excluding hydrogens is 308 g/mol. The van der Waals surface area contributed by atoms with E-state index in [1.54, 1.807) is 17.5 Å². The third-order valence-electron chi connectivity index (χ3n) is 3.55. The van der Waals surface area contributed by atoms with Crippen LogP contribution in [-0.4, -0.2) is 15.1 Å². The fraction of sp³-hybridized carbons (Fsp3) is 0.211. The van der Waals surface area contributed by atoms with Gasteiger partial charge in [0.1, 0.15) is 5.75 Å². The normalized spacial score (nSPS) is 12.9. The zero-order valence-corrected chi connectivity index (χ0v) is 14.1. The number of ketones is 1. The van der Waals surface area contributed by atoms with Crippen LogP contribution in [0.1, 0.15) is 41.8 Å². The summed E-state index contributed by atoms with van der Waals surface area (Å²) in [5.41, 5.74) is 2.75. The number of hydrogen-bond acceptors (Lipinski definition) is 3. The van der Waals surface area contributed by atoms with E-state index in [-0.39, 0.29) is 17.1 Å². The van der Waals surface area contributed by atoms with E-state index in [4.69, 9.17) is 0 Å². The predicted octanol–water partition coefficient (Wildman–Crippen LogP) is 4.29. The Bertz CT molecular complexity index is 748. The van der Waals surface area contributed by atoms with Crippen molar-refractivity contribution in [1.82, 2.24) is 0 Å². The molecule has 0 saturated heterocycles. The Morgan fingerprint density at radius 1 is 1.13 bits per heavy atom. The molecule has 0 bridgehead atoms. The van der Waals surface area contributed by atoms with E-state index in [1.165, 1.54) is 13.0 Å². The minimum Gasteiger partial charge on any atom is -0.507 e. The molecule has 1 atom stereocenters. The maximum Gasteiger partial charge on any atom is 0.164 e. The van der Waals surface area contributed by atoms with Gasteiger partial charge in [-0.3, -0.25) is 9.00 Å². The summed E-state index contributed by atoms with van der Waals surface area (Å²) in [6.45, 7) is 3.37. The second-order valence-corrected chi connectivity index (χ2v) is 6.55. The lowest BCUT2D eigenvalue weighted by molar-refractivity contribution is 0.101. The van der Waals surface area contributed by atoms with Crippen LogP contribution in [-0.2, 0) is 16.6 Å². The summed E-state index contributed by atoms with van der Waals surface area (Å²) >= 11 is 0. The molecule has 0 aliphatic carbocycles. The molecule has 2 aromatic carbocycles. The maximum atomic E-state index is 12.4. The Kier molecular flexibility index (Phi) is 5.88. The molecule has 0 heterocycles. The molecule has 4 heteroatoms. The van der Waals surface area contributed by atoms with Crippen LogP contribution in [0.5, 0.6) is 5.75 Å². The highest BCUT2D eigenvalue weighted by molar-refractivity contribution is 7.87. The van der Waals surface area contributed by atoms with Crippen molar-refractivity contribution >= 4 is 22.2 Å². The Morgan fingerprint density at radius 3 is 2.43 bits per heavy atom. The number of phenolic OH excluding ortho intramolecular Hbond substituents is 1. The number of benzene rings is 2. The molecule has 0 radical (unpaired) electrons. The number of rotatable bonds is 6. The number of carbonyl (C=O) groups is 1. The monoisotopic (exact) mass is 328 g/mol. The molecular formula is C19H20O3S. The largest absolute Gasteiger partial charge is 0.507 e. The van der Waals surface area contributed by atoms with Crippen molar-refractivity contribution in [1.29, 1.82) is 0 Å². The van der Waals surface area contributed by atoms with Crippen molar-refractivity contribution in [2.45, 2.75) is 26.0 Å². The van der Waals surface area contributed by atoms with E-state index in [0.717, 1.165) is 11.1 Å². The van der Waals surface area contributed by atoms with Gasteiger partial charge in [-0.1, -0.05) is 49.4 Å². The van der Waals surface area contributed by atoms with Crippen molar-refractivity contribution in [2.75, 3.05) is 0 Å². The number of aromatic hydroxyl groups is 1. The van der Waals surface area contributed by atoms with Crippen LogP contribution in [0.3, 0.4) is 0 Å². The lowest BCUT2D eigenvalue weighted by Gasteiger charge is -2.11. The van der Waals surface area contributed by atoms with Crippen molar-refractivity contribution in [3.63, 3.8) is 0 Å². The highest BCUT2D eigenvalue weighted by atomic mass is 32.2. The van der Waals surface area contributed by atoms with E-state index < -0.39 is 10.8 Å². The van der Waals surface area contributed by atoms with Gasteiger partial charge in [-0.2, -0.15) is 0 Å². The lowest BCUT2D eigenvalue weighted by Crippen LogP contribution is -2.01. The van der Waals surface area contributed by atoms with Gasteiger partial charge in [-0.05, 0) is 36.1 Å². The van der Waals surface area contributed by atoms with Crippen molar-refractivity contribution in [2.24, 2.45) is 0 Å². The number of carbonyl (C=O) groups excluding carboxylic acids is 1. The number of allylic oxidation sites excluding steroid dienone is 1. The van der Waals surface area contributed by atoms with E-state index in [2.05, 4.69) is 0 Å². The quantitative estimate of drug-likeness (QED) is 0.805. The van der Waals surface area contributed by atoms with Gasteiger partial charge in [0, 0.05) is 5.41 Å². The first-order valence-corrected chi connectivity index (χ1v) is 8.86. The van der Waals surface area contributed by atoms with Gasteiger partial charge < -0.3 is 5.11 Å². The van der Waals surface area contributed by atoms with Gasteiger partial charge in [-0.15, -0.1) is 0 Å². The first kappa shape index (κ1) is 17.2. The lowest BCUT2D eigenvalue weighted by atomic mass is 9.96. The molecule has 0 fully saturated rings. The molecule has 2 rings (SSSR count). The van der Waals surface area contributed by atoms with Gasteiger partial charge in [-0.25, -0.2) is 0 Å². The van der Waals surface area contributed by atoms with Crippen LogP contribution in [0.2, 0.25) is 0 Å². The van der Waals surface area contributed by atoms with Crippen LogP contribution in [0.15, 0.2) is 53.9 Å². The topological polar surface area (TPSA) is 54.4 Å². The second kappa shape index (κ2) is 7.88. The molecule has 0 amide bonds. The third-order valence-corrected chi connectivity index (χ3v) is 4.71. The van der Waals surface area contributed by atoms with E-state index in [9.17, 15) is 14.1 Å². The molecule has 1 unspecified atom stereocenters. The fourth-order valence-electron chi connectivity index (χ4n) is 2.45. The fourth-order valence-corrected chi connectivity index (χ4v) is 3.67. The third kappa shape index (κ3) is 4.39. The summed E-state index contributed by atoms with van der Waals surface area (Å²) in [7, 11) is -1.18. The first-order valence-electron chi connectivity index (χ1n) is 7.48. The molecule has 1 N–H and O–H groups in total. The molecule has 0 aromatic heterocycles.